The topological polar surface area (TPSA) is 53.1 Å². The summed E-state index contributed by atoms with van der Waals surface area (Å²) in [6.45, 7) is 4.81. The van der Waals surface area contributed by atoms with Crippen LogP contribution in [0.1, 0.15) is 66.8 Å². The molecule has 1 saturated heterocycles. The molecule has 0 aromatic heterocycles. The molecule has 3 aliphatic rings. The lowest BCUT2D eigenvalue weighted by Crippen LogP contribution is -2.35. The van der Waals surface area contributed by atoms with Gasteiger partial charge in [-0.05, 0) is 79.0 Å². The normalized spacial score (nSPS) is 20.3. The smallest absolute Gasteiger partial charge is 0.327 e. The highest BCUT2D eigenvalue weighted by Gasteiger charge is 2.33. The van der Waals surface area contributed by atoms with Gasteiger partial charge in [0.15, 0.2) is 0 Å². The third-order valence-corrected chi connectivity index (χ3v) is 8.47. The van der Waals surface area contributed by atoms with E-state index in [1.807, 2.05) is 12.1 Å². The molecule has 1 saturated carbocycles. The lowest BCUT2D eigenvalue weighted by molar-refractivity contribution is -0.125. The number of amides is 3. The molecule has 1 atom stereocenters. The number of imide groups is 1. The predicted molar refractivity (Wildman–Crippen MR) is 146 cm³/mol. The van der Waals surface area contributed by atoms with Gasteiger partial charge in [0, 0.05) is 31.2 Å². The molecule has 2 aromatic carbocycles. The summed E-state index contributed by atoms with van der Waals surface area (Å²) in [6.07, 6.45) is 8.98. The van der Waals surface area contributed by atoms with Gasteiger partial charge in [0.1, 0.15) is 18.9 Å². The molecule has 0 spiro atoms. The van der Waals surface area contributed by atoms with E-state index in [2.05, 4.69) is 36.1 Å². The van der Waals surface area contributed by atoms with Crippen molar-refractivity contribution in [1.82, 2.24) is 14.7 Å². The number of likely N-dealkylation sites (N-methyl/N-ethyl adjacent to an activating group) is 1. The van der Waals surface area contributed by atoms with E-state index in [1.165, 1.54) is 58.6 Å². The summed E-state index contributed by atoms with van der Waals surface area (Å²) in [5.41, 5.74) is 5.19. The second-order valence-corrected chi connectivity index (χ2v) is 11.4. The Balaban J connectivity index is 1.26. The Hall–Kier alpha value is -2.57. The summed E-state index contributed by atoms with van der Waals surface area (Å²) < 4.78 is 5.98. The Bertz CT molecular complexity index is 1150. The number of hydrogen-bond donors (Lipinski definition) is 0. The van der Waals surface area contributed by atoms with Crippen molar-refractivity contribution in [3.63, 3.8) is 0 Å². The fourth-order valence-electron chi connectivity index (χ4n) is 6.29. The highest BCUT2D eigenvalue weighted by molar-refractivity contribution is 6.30. The maximum absolute atomic E-state index is 12.1. The third-order valence-electron chi connectivity index (χ3n) is 8.24. The Kier molecular flexibility index (Phi) is 8.06. The lowest BCUT2D eigenvalue weighted by atomic mass is 9.88. The number of ether oxygens (including phenoxy) is 1. The van der Waals surface area contributed by atoms with E-state index in [9.17, 15) is 9.59 Å². The van der Waals surface area contributed by atoms with E-state index in [4.69, 9.17) is 16.3 Å². The number of aryl methyl sites for hydroxylation is 2. The number of nitrogens with zero attached hydrogens (tertiary/aromatic N) is 3. The van der Waals surface area contributed by atoms with E-state index in [1.54, 1.807) is 7.05 Å². The monoisotopic (exact) mass is 523 g/mol. The number of rotatable bonds is 9. The quantitative estimate of drug-likeness (QED) is 0.379. The highest BCUT2D eigenvalue weighted by Crippen LogP contribution is 2.39. The maximum atomic E-state index is 12.1. The van der Waals surface area contributed by atoms with Crippen molar-refractivity contribution in [3.05, 3.63) is 63.7 Å². The van der Waals surface area contributed by atoms with Crippen LogP contribution in [0.3, 0.4) is 0 Å². The van der Waals surface area contributed by atoms with E-state index in [0.29, 0.717) is 12.6 Å². The van der Waals surface area contributed by atoms with Crippen LogP contribution in [-0.2, 0) is 17.8 Å². The van der Waals surface area contributed by atoms with Gasteiger partial charge in [-0.1, -0.05) is 49.1 Å². The van der Waals surface area contributed by atoms with Gasteiger partial charge in [-0.2, -0.15) is 0 Å². The van der Waals surface area contributed by atoms with Crippen LogP contribution >= 0.6 is 11.6 Å². The standard InChI is InChI=1S/C30H38ClN3O3/c1-21-16-23(8-13-28(21)37-15-14-34-29(35)20-32(2)30(34)36)19-33(18-22-6-4-3-5-7-22)27-12-9-24-17-25(31)10-11-26(24)27/h8,10-11,13,16-17,22,27H,3-7,9,12,14-15,18-20H2,1-2H3. The minimum Gasteiger partial charge on any atom is -0.491 e. The number of benzene rings is 2. The first-order valence-electron chi connectivity index (χ1n) is 13.7. The van der Waals surface area contributed by atoms with Crippen LogP contribution in [0.25, 0.3) is 0 Å². The fourth-order valence-corrected chi connectivity index (χ4v) is 6.48. The van der Waals surface area contributed by atoms with Gasteiger partial charge in [0.2, 0.25) is 5.91 Å². The summed E-state index contributed by atoms with van der Waals surface area (Å²) in [7, 11) is 1.64. The molecule has 2 fully saturated rings. The Morgan fingerprint density at radius 3 is 2.59 bits per heavy atom. The molecule has 0 N–H and O–H groups in total. The highest BCUT2D eigenvalue weighted by atomic mass is 35.5. The largest absolute Gasteiger partial charge is 0.491 e. The zero-order valence-corrected chi connectivity index (χ0v) is 22.8. The summed E-state index contributed by atoms with van der Waals surface area (Å²) in [6, 6.07) is 13.0. The molecule has 5 rings (SSSR count). The number of fused-ring (bicyclic) bond motifs is 1. The van der Waals surface area contributed by atoms with Crippen molar-refractivity contribution >= 4 is 23.5 Å². The minimum absolute atomic E-state index is 0.141. The molecular formula is C30H38ClN3O3. The van der Waals surface area contributed by atoms with Gasteiger partial charge in [0.05, 0.1) is 6.54 Å². The Morgan fingerprint density at radius 2 is 1.86 bits per heavy atom. The first-order chi connectivity index (χ1) is 17.9. The first-order valence-corrected chi connectivity index (χ1v) is 14.1. The maximum Gasteiger partial charge on any atom is 0.327 e. The molecule has 198 valence electrons. The lowest BCUT2D eigenvalue weighted by Gasteiger charge is -2.34. The van der Waals surface area contributed by atoms with E-state index < -0.39 is 0 Å². The van der Waals surface area contributed by atoms with Crippen LogP contribution in [0.5, 0.6) is 5.75 Å². The second kappa shape index (κ2) is 11.4. The van der Waals surface area contributed by atoms with Crippen molar-refractivity contribution in [2.75, 3.05) is 33.3 Å². The van der Waals surface area contributed by atoms with Gasteiger partial charge >= 0.3 is 6.03 Å². The molecule has 6 nitrogen and oxygen atoms in total. The first kappa shape index (κ1) is 26.1. The van der Waals surface area contributed by atoms with E-state index >= 15 is 0 Å². The van der Waals surface area contributed by atoms with Crippen LogP contribution < -0.4 is 4.74 Å². The Morgan fingerprint density at radius 1 is 1.05 bits per heavy atom. The molecule has 0 bridgehead atoms. The zero-order valence-electron chi connectivity index (χ0n) is 22.0. The van der Waals surface area contributed by atoms with Crippen molar-refractivity contribution in [2.24, 2.45) is 5.92 Å². The van der Waals surface area contributed by atoms with Crippen LogP contribution in [0.4, 0.5) is 4.79 Å². The summed E-state index contributed by atoms with van der Waals surface area (Å²) in [4.78, 5) is 29.5. The third kappa shape index (κ3) is 5.96. The molecule has 2 aliphatic carbocycles. The molecule has 2 aromatic rings. The van der Waals surface area contributed by atoms with Crippen molar-refractivity contribution in [3.8, 4) is 5.75 Å². The van der Waals surface area contributed by atoms with Gasteiger partial charge in [0.25, 0.3) is 0 Å². The van der Waals surface area contributed by atoms with Crippen molar-refractivity contribution < 1.29 is 14.3 Å². The predicted octanol–water partition coefficient (Wildman–Crippen LogP) is 5.99. The average molecular weight is 524 g/mol. The number of carbonyl (C=O) groups excluding carboxylic acids is 2. The van der Waals surface area contributed by atoms with E-state index in [0.717, 1.165) is 48.2 Å². The van der Waals surface area contributed by atoms with E-state index in [-0.39, 0.29) is 25.0 Å². The number of hydrogen-bond acceptors (Lipinski definition) is 4. The summed E-state index contributed by atoms with van der Waals surface area (Å²) in [5, 5.41) is 0.829. The SMILES string of the molecule is Cc1cc(CN(CC2CCCCC2)C2CCc3cc(Cl)ccc32)ccc1OCCN1C(=O)CN(C)C1=O. The molecule has 3 amide bonds. The van der Waals surface area contributed by atoms with Gasteiger partial charge < -0.3 is 9.64 Å². The van der Waals surface area contributed by atoms with Gasteiger partial charge in [-0.15, -0.1) is 0 Å². The van der Waals surface area contributed by atoms with Crippen molar-refractivity contribution in [2.45, 2.75) is 64.5 Å². The molecule has 0 radical (unpaired) electrons. The molecule has 1 heterocycles. The van der Waals surface area contributed by atoms with Crippen molar-refractivity contribution in [1.29, 1.82) is 0 Å². The Labute approximate surface area is 225 Å². The van der Waals surface area contributed by atoms with Crippen LogP contribution in [0.15, 0.2) is 36.4 Å². The van der Waals surface area contributed by atoms with Crippen LogP contribution in [0, 0.1) is 12.8 Å². The summed E-state index contributed by atoms with van der Waals surface area (Å²) >= 11 is 6.30. The minimum atomic E-state index is -0.255. The van der Waals surface area contributed by atoms with Gasteiger partial charge in [-0.25, -0.2) is 4.79 Å². The summed E-state index contributed by atoms with van der Waals surface area (Å²) in [5.74, 6) is 1.40. The fraction of sp³-hybridized carbons (Fsp3) is 0.533. The number of carbonyl (C=O) groups is 2. The second-order valence-electron chi connectivity index (χ2n) is 11.0. The van der Waals surface area contributed by atoms with Crippen LogP contribution in [-0.4, -0.2) is 59.9 Å². The molecular weight excluding hydrogens is 486 g/mol. The number of halogens is 1. The molecule has 1 unspecified atom stereocenters. The molecule has 7 heteroatoms. The average Bonchev–Trinajstić information content (AvgIpc) is 3.40. The number of urea groups is 1. The molecule has 1 aliphatic heterocycles. The zero-order chi connectivity index (χ0) is 25.9. The van der Waals surface area contributed by atoms with Gasteiger partial charge in [-0.3, -0.25) is 14.6 Å². The van der Waals surface area contributed by atoms with Crippen LogP contribution in [0.2, 0.25) is 5.02 Å². The molecule has 37 heavy (non-hydrogen) atoms.